The summed E-state index contributed by atoms with van der Waals surface area (Å²) in [5.74, 6) is 3.03. The molecule has 6 aromatic heterocycles. The standard InChI is InChI=1S/C51H31N3O.C51H31N3S/c2*1-3-17-35(18-4-1)51(36-19-5-2-6-20-36)42-24-12-9-21-37(42)38-28-27-34(30-43(38)51)48-52-49(47-40-23-11-14-26-46(40)55-50(47)53-48)54-44-25-13-10-22-39(44)41-29-32-15-7-8-16-33(32)31-45(41)54/h2*1-31H. The third-order valence-electron chi connectivity index (χ3n) is 23.4. The summed E-state index contributed by atoms with van der Waals surface area (Å²) in [5.41, 5.74) is 21.6. The van der Waals surface area contributed by atoms with Gasteiger partial charge in [-0.25, -0.2) is 15.0 Å². The van der Waals surface area contributed by atoms with E-state index in [9.17, 15) is 0 Å². The molecule has 2 aliphatic carbocycles. The molecule has 24 rings (SSSR count). The summed E-state index contributed by atoms with van der Waals surface area (Å²) in [6.07, 6.45) is 0. The summed E-state index contributed by atoms with van der Waals surface area (Å²) in [6.45, 7) is 0. The number of nitrogens with zero attached hydrogens (tertiary/aromatic N) is 6. The predicted octanol–water partition coefficient (Wildman–Crippen LogP) is 25.8. The molecule has 6 heterocycles. The first-order chi connectivity index (χ1) is 54.5. The molecule has 0 N–H and O–H groups in total. The summed E-state index contributed by atoms with van der Waals surface area (Å²) in [6, 6.07) is 136. The van der Waals surface area contributed by atoms with Crippen molar-refractivity contribution < 1.29 is 4.42 Å². The molecule has 0 atom stereocenters. The first-order valence-corrected chi connectivity index (χ1v) is 38.3. The second-order valence-corrected chi connectivity index (χ2v) is 30.0. The highest BCUT2D eigenvalue weighted by Gasteiger charge is 2.48. The Bertz CT molecular complexity index is 7020. The maximum absolute atomic E-state index is 6.61. The van der Waals surface area contributed by atoms with Crippen molar-refractivity contribution in [2.24, 2.45) is 0 Å². The van der Waals surface area contributed by atoms with Crippen molar-refractivity contribution in [2.75, 3.05) is 0 Å². The van der Waals surface area contributed by atoms with Crippen LogP contribution in [0.15, 0.2) is 381 Å². The lowest BCUT2D eigenvalue weighted by molar-refractivity contribution is 0.653. The molecule has 7 nitrogen and oxygen atoms in total. The number of aromatic nitrogens is 6. The van der Waals surface area contributed by atoms with Crippen LogP contribution in [0.3, 0.4) is 0 Å². The molecule has 2 aliphatic rings. The summed E-state index contributed by atoms with van der Waals surface area (Å²) >= 11 is 1.74. The van der Waals surface area contributed by atoms with E-state index in [0.29, 0.717) is 11.5 Å². The van der Waals surface area contributed by atoms with Crippen molar-refractivity contribution in [3.63, 3.8) is 0 Å². The predicted molar refractivity (Wildman–Crippen MR) is 453 cm³/mol. The zero-order chi connectivity index (χ0) is 72.2. The van der Waals surface area contributed by atoms with Crippen LogP contribution in [-0.4, -0.2) is 29.1 Å². The van der Waals surface area contributed by atoms with E-state index < -0.39 is 10.8 Å². The summed E-state index contributed by atoms with van der Waals surface area (Å²) in [7, 11) is 0. The van der Waals surface area contributed by atoms with Gasteiger partial charge in [-0.2, -0.15) is 4.98 Å². The monoisotopic (exact) mass is 1420 g/mol. The van der Waals surface area contributed by atoms with Gasteiger partial charge in [0.2, 0.25) is 5.71 Å². The van der Waals surface area contributed by atoms with E-state index in [1.165, 1.54) is 120 Å². The Labute approximate surface area is 636 Å². The Morgan fingerprint density at radius 2 is 0.645 bits per heavy atom. The Balaban J connectivity index is 0.000000132. The molecule has 0 bridgehead atoms. The van der Waals surface area contributed by atoms with Crippen LogP contribution in [-0.2, 0) is 10.8 Å². The lowest BCUT2D eigenvalue weighted by atomic mass is 9.67. The van der Waals surface area contributed by atoms with Crippen molar-refractivity contribution in [1.82, 2.24) is 29.1 Å². The van der Waals surface area contributed by atoms with Crippen LogP contribution in [0.5, 0.6) is 0 Å². The molecule has 22 aromatic rings. The molecule has 8 heteroatoms. The van der Waals surface area contributed by atoms with Crippen molar-refractivity contribution in [3.8, 4) is 56.7 Å². The van der Waals surface area contributed by atoms with Gasteiger partial charge < -0.3 is 4.42 Å². The average Bonchev–Trinajstić information content (AvgIpc) is 1.55. The molecule has 0 radical (unpaired) electrons. The van der Waals surface area contributed by atoms with E-state index in [1.54, 1.807) is 11.3 Å². The zero-order valence-electron chi connectivity index (χ0n) is 59.3. The minimum absolute atomic E-state index is 0.511. The first kappa shape index (κ1) is 62.1. The van der Waals surface area contributed by atoms with E-state index in [1.807, 2.05) is 12.1 Å². The van der Waals surface area contributed by atoms with Gasteiger partial charge in [0.1, 0.15) is 10.4 Å². The van der Waals surface area contributed by atoms with Gasteiger partial charge >= 0.3 is 0 Å². The molecular formula is C102H62N6OS. The molecule has 0 saturated heterocycles. The van der Waals surface area contributed by atoms with Gasteiger partial charge in [-0.1, -0.05) is 315 Å². The number of hydrogen-bond acceptors (Lipinski definition) is 6. The molecule has 0 unspecified atom stereocenters. The Hall–Kier alpha value is -14.2. The number of fused-ring (bicyclic) bond motifs is 20. The smallest absolute Gasteiger partial charge is 0.233 e. The zero-order valence-corrected chi connectivity index (χ0v) is 60.1. The Morgan fingerprint density at radius 3 is 1.15 bits per heavy atom. The molecule has 0 fully saturated rings. The number of hydrogen-bond donors (Lipinski definition) is 0. The average molecular weight is 1420 g/mol. The molecule has 512 valence electrons. The number of benzene rings is 16. The quantitative estimate of drug-likeness (QED) is 0.152. The molecule has 0 saturated carbocycles. The van der Waals surface area contributed by atoms with E-state index in [0.717, 1.165) is 77.2 Å². The van der Waals surface area contributed by atoms with E-state index >= 15 is 0 Å². The second kappa shape index (κ2) is 24.2. The fourth-order valence-electron chi connectivity index (χ4n) is 18.7. The highest BCUT2D eigenvalue weighted by Crippen LogP contribution is 2.59. The largest absolute Gasteiger partial charge is 0.437 e. The van der Waals surface area contributed by atoms with E-state index in [-0.39, 0.29) is 0 Å². The first-order valence-electron chi connectivity index (χ1n) is 37.5. The van der Waals surface area contributed by atoms with Crippen molar-refractivity contribution in [2.45, 2.75) is 10.8 Å². The van der Waals surface area contributed by atoms with Crippen LogP contribution in [0.25, 0.3) is 164 Å². The molecule has 0 aliphatic heterocycles. The molecule has 110 heavy (non-hydrogen) atoms. The minimum Gasteiger partial charge on any atom is -0.437 e. The Kier molecular flexibility index (Phi) is 13.6. The second-order valence-electron chi connectivity index (χ2n) is 29.0. The Morgan fingerprint density at radius 1 is 0.264 bits per heavy atom. The lowest BCUT2D eigenvalue weighted by Gasteiger charge is -2.34. The molecule has 0 amide bonds. The normalized spacial score (nSPS) is 13.2. The van der Waals surface area contributed by atoms with Crippen molar-refractivity contribution in [3.05, 3.63) is 421 Å². The van der Waals surface area contributed by atoms with Crippen molar-refractivity contribution >= 4 is 119 Å². The van der Waals surface area contributed by atoms with Crippen LogP contribution >= 0.6 is 11.3 Å². The van der Waals surface area contributed by atoms with Crippen LogP contribution in [0.1, 0.15) is 44.5 Å². The van der Waals surface area contributed by atoms with Gasteiger partial charge in [0, 0.05) is 48.1 Å². The number of para-hydroxylation sites is 3. The van der Waals surface area contributed by atoms with E-state index in [2.05, 4.69) is 373 Å². The maximum Gasteiger partial charge on any atom is 0.233 e. The summed E-state index contributed by atoms with van der Waals surface area (Å²) < 4.78 is 12.5. The van der Waals surface area contributed by atoms with Crippen LogP contribution < -0.4 is 0 Å². The number of rotatable bonds is 8. The fourth-order valence-corrected chi connectivity index (χ4v) is 19.8. The van der Waals surface area contributed by atoms with Gasteiger partial charge in [0.25, 0.3) is 0 Å². The van der Waals surface area contributed by atoms with Crippen LogP contribution in [0.4, 0.5) is 0 Å². The maximum atomic E-state index is 6.61. The van der Waals surface area contributed by atoms with Crippen LogP contribution in [0, 0.1) is 0 Å². The van der Waals surface area contributed by atoms with Gasteiger partial charge in [-0.15, -0.1) is 11.3 Å². The fraction of sp³-hybridized carbons (Fsp3) is 0.0196. The molecule has 0 spiro atoms. The minimum atomic E-state index is -0.537. The molecular weight excluding hydrogens is 1360 g/mol. The molecule has 16 aromatic carbocycles. The topological polar surface area (TPSA) is 74.6 Å². The lowest BCUT2D eigenvalue weighted by Crippen LogP contribution is -2.28. The third-order valence-corrected chi connectivity index (χ3v) is 24.4. The SMILES string of the molecule is c1ccc(C2(c3ccccc3)c3ccccc3-c3ccc(-c4nc(-n5c6ccccc6c6cc7ccccc7cc65)c5c(n4)oc4ccccc45)cc32)cc1.c1ccc(C2(c3ccccc3)c3ccccc3-c3ccc(-c4nc(-n5c6ccccc6c6cc7ccccc7cc65)c5c(n4)sc4ccccc45)cc32)cc1. The van der Waals surface area contributed by atoms with Crippen LogP contribution in [0.2, 0.25) is 0 Å². The highest BCUT2D eigenvalue weighted by molar-refractivity contribution is 7.25. The number of furan rings is 1. The third kappa shape index (κ3) is 8.99. The van der Waals surface area contributed by atoms with Gasteiger partial charge in [0.15, 0.2) is 23.3 Å². The van der Waals surface area contributed by atoms with Gasteiger partial charge in [-0.3, -0.25) is 9.13 Å². The van der Waals surface area contributed by atoms with E-state index in [4.69, 9.17) is 24.4 Å². The summed E-state index contributed by atoms with van der Waals surface area (Å²) in [4.78, 5) is 22.9. The summed E-state index contributed by atoms with van der Waals surface area (Å²) in [5, 5.41) is 13.7. The van der Waals surface area contributed by atoms with Crippen molar-refractivity contribution in [1.29, 1.82) is 0 Å². The number of thiophene rings is 1. The highest BCUT2D eigenvalue weighted by atomic mass is 32.1. The van der Waals surface area contributed by atoms with Gasteiger partial charge in [0.05, 0.1) is 43.7 Å². The van der Waals surface area contributed by atoms with Gasteiger partial charge in [-0.05, 0) is 149 Å².